The molecule has 3 aromatic rings. The van der Waals surface area contributed by atoms with E-state index in [9.17, 15) is 0 Å². The molecule has 3 rings (SSSR count). The lowest BCUT2D eigenvalue weighted by Gasteiger charge is -2.11. The lowest BCUT2D eigenvalue weighted by atomic mass is 10.2. The predicted molar refractivity (Wildman–Crippen MR) is 118 cm³/mol. The molecule has 0 fully saturated rings. The van der Waals surface area contributed by atoms with E-state index in [1.165, 1.54) is 10.5 Å². The van der Waals surface area contributed by atoms with Crippen molar-refractivity contribution in [3.8, 4) is 5.75 Å². The molecule has 3 aromatic carbocycles. The van der Waals surface area contributed by atoms with Crippen LogP contribution in [0.15, 0.2) is 83.8 Å². The summed E-state index contributed by atoms with van der Waals surface area (Å²) in [7, 11) is 1.66. The lowest BCUT2D eigenvalue weighted by molar-refractivity contribution is 0.414. The van der Waals surface area contributed by atoms with Crippen LogP contribution in [0, 0.1) is 0 Å². The third kappa shape index (κ3) is 6.31. The van der Waals surface area contributed by atoms with Crippen molar-refractivity contribution in [2.45, 2.75) is 17.2 Å². The molecule has 0 radical (unpaired) electrons. The first kappa shape index (κ1) is 19.3. The Kier molecular flexibility index (Phi) is 7.13. The number of anilines is 1. The minimum Gasteiger partial charge on any atom is -0.497 e. The molecule has 0 aliphatic heterocycles. The zero-order valence-electron chi connectivity index (χ0n) is 15.1. The Balaban J connectivity index is 1.45. The normalized spacial score (nSPS) is 10.3. The summed E-state index contributed by atoms with van der Waals surface area (Å²) in [6.45, 7) is 0.668. The van der Waals surface area contributed by atoms with Crippen molar-refractivity contribution in [3.63, 3.8) is 0 Å². The molecule has 0 aliphatic rings. The van der Waals surface area contributed by atoms with Crippen LogP contribution >= 0.6 is 24.0 Å². The second-order valence-corrected chi connectivity index (χ2v) is 7.41. The summed E-state index contributed by atoms with van der Waals surface area (Å²) in [6, 6.07) is 26.7. The molecule has 27 heavy (non-hydrogen) atoms. The molecule has 0 saturated heterocycles. The molecular formula is C22H22N2OS2. The third-order valence-corrected chi connectivity index (χ3v) is 5.30. The van der Waals surface area contributed by atoms with E-state index in [1.54, 1.807) is 7.11 Å². The smallest absolute Gasteiger partial charge is 0.171 e. The number of nitrogens with one attached hydrogen (secondary N) is 2. The summed E-state index contributed by atoms with van der Waals surface area (Å²) >= 11 is 7.21. The molecule has 0 heterocycles. The highest BCUT2D eigenvalue weighted by atomic mass is 32.2. The second kappa shape index (κ2) is 10.00. The number of methoxy groups -OCH3 is 1. The highest BCUT2D eigenvalue weighted by Gasteiger charge is 2.01. The maximum Gasteiger partial charge on any atom is 0.171 e. The van der Waals surface area contributed by atoms with Crippen molar-refractivity contribution in [2.75, 3.05) is 12.4 Å². The van der Waals surface area contributed by atoms with E-state index in [-0.39, 0.29) is 0 Å². The average molecular weight is 395 g/mol. The Morgan fingerprint density at radius 2 is 1.56 bits per heavy atom. The topological polar surface area (TPSA) is 33.3 Å². The Morgan fingerprint density at radius 1 is 0.889 bits per heavy atom. The molecular weight excluding hydrogens is 372 g/mol. The first-order valence-electron chi connectivity index (χ1n) is 8.67. The Hall–Kier alpha value is -2.50. The van der Waals surface area contributed by atoms with Crippen molar-refractivity contribution in [3.05, 3.63) is 90.0 Å². The van der Waals surface area contributed by atoms with E-state index < -0.39 is 0 Å². The molecule has 3 nitrogen and oxygen atoms in total. The minimum atomic E-state index is 0.609. The average Bonchev–Trinajstić information content (AvgIpc) is 2.73. The number of hydrogen-bond donors (Lipinski definition) is 2. The molecule has 0 saturated carbocycles. The molecule has 138 valence electrons. The number of benzene rings is 3. The second-order valence-electron chi connectivity index (χ2n) is 5.95. The summed E-state index contributed by atoms with van der Waals surface area (Å²) in [5.74, 6) is 1.80. The first-order chi connectivity index (χ1) is 13.2. The maximum atomic E-state index is 5.38. The van der Waals surface area contributed by atoms with Crippen LogP contribution in [-0.4, -0.2) is 12.2 Å². The molecule has 0 aromatic heterocycles. The van der Waals surface area contributed by atoms with Crippen LogP contribution in [0.2, 0.25) is 0 Å². The molecule has 2 N–H and O–H groups in total. The lowest BCUT2D eigenvalue weighted by Crippen LogP contribution is -2.27. The quantitative estimate of drug-likeness (QED) is 0.410. The van der Waals surface area contributed by atoms with Crippen LogP contribution in [0.1, 0.15) is 11.1 Å². The van der Waals surface area contributed by atoms with Gasteiger partial charge in [0.25, 0.3) is 0 Å². The van der Waals surface area contributed by atoms with Crippen molar-refractivity contribution in [1.82, 2.24) is 5.32 Å². The monoisotopic (exact) mass is 394 g/mol. The standard InChI is InChI=1S/C22H22N2OS2/c1-25-20-13-9-17(10-14-20)15-23-22(26)24-19-11-7-18(8-12-19)16-27-21-5-3-2-4-6-21/h2-14H,15-16H2,1H3,(H2,23,24,26). The van der Waals surface area contributed by atoms with Crippen LogP contribution < -0.4 is 15.4 Å². The van der Waals surface area contributed by atoms with Gasteiger partial charge in [-0.05, 0) is 59.7 Å². The van der Waals surface area contributed by atoms with Crippen molar-refractivity contribution < 1.29 is 4.74 Å². The SMILES string of the molecule is COc1ccc(CNC(=S)Nc2ccc(CSc3ccccc3)cc2)cc1. The van der Waals surface area contributed by atoms with Gasteiger partial charge in [-0.15, -0.1) is 11.8 Å². The van der Waals surface area contributed by atoms with Gasteiger partial charge in [0.2, 0.25) is 0 Å². The molecule has 0 aliphatic carbocycles. The number of thiocarbonyl (C=S) groups is 1. The fourth-order valence-electron chi connectivity index (χ4n) is 2.47. The van der Waals surface area contributed by atoms with Gasteiger partial charge in [-0.2, -0.15) is 0 Å². The van der Waals surface area contributed by atoms with Gasteiger partial charge in [0.1, 0.15) is 5.75 Å². The van der Waals surface area contributed by atoms with Gasteiger partial charge in [0.05, 0.1) is 7.11 Å². The Morgan fingerprint density at radius 3 is 2.22 bits per heavy atom. The van der Waals surface area contributed by atoms with Gasteiger partial charge in [0.15, 0.2) is 5.11 Å². The van der Waals surface area contributed by atoms with E-state index in [1.807, 2.05) is 42.1 Å². The zero-order chi connectivity index (χ0) is 18.9. The summed E-state index contributed by atoms with van der Waals surface area (Å²) in [5, 5.41) is 7.05. The maximum absolute atomic E-state index is 5.38. The molecule has 0 spiro atoms. The van der Waals surface area contributed by atoms with E-state index in [0.717, 1.165) is 22.8 Å². The van der Waals surface area contributed by atoms with Gasteiger partial charge in [-0.1, -0.05) is 42.5 Å². The zero-order valence-corrected chi connectivity index (χ0v) is 16.8. The van der Waals surface area contributed by atoms with Crippen LogP contribution in [0.3, 0.4) is 0 Å². The van der Waals surface area contributed by atoms with E-state index in [4.69, 9.17) is 17.0 Å². The summed E-state index contributed by atoms with van der Waals surface area (Å²) < 4.78 is 5.17. The molecule has 0 amide bonds. The van der Waals surface area contributed by atoms with Crippen LogP contribution in [-0.2, 0) is 12.3 Å². The molecule has 0 atom stereocenters. The van der Waals surface area contributed by atoms with Crippen LogP contribution in [0.4, 0.5) is 5.69 Å². The summed E-state index contributed by atoms with van der Waals surface area (Å²) in [6.07, 6.45) is 0. The van der Waals surface area contributed by atoms with E-state index in [0.29, 0.717) is 11.7 Å². The first-order valence-corrected chi connectivity index (χ1v) is 10.1. The summed E-state index contributed by atoms with van der Waals surface area (Å²) in [5.41, 5.74) is 3.41. The van der Waals surface area contributed by atoms with Gasteiger partial charge in [-0.25, -0.2) is 0 Å². The Bertz CT molecular complexity index is 850. The molecule has 5 heteroatoms. The van der Waals surface area contributed by atoms with Crippen molar-refractivity contribution in [1.29, 1.82) is 0 Å². The number of ether oxygens (including phenoxy) is 1. The van der Waals surface area contributed by atoms with Crippen LogP contribution in [0.25, 0.3) is 0 Å². The van der Waals surface area contributed by atoms with Gasteiger partial charge >= 0.3 is 0 Å². The summed E-state index contributed by atoms with van der Waals surface area (Å²) in [4.78, 5) is 1.28. The van der Waals surface area contributed by atoms with E-state index in [2.05, 4.69) is 59.2 Å². The molecule has 0 bridgehead atoms. The number of thioether (sulfide) groups is 1. The fourth-order valence-corrected chi connectivity index (χ4v) is 3.53. The number of rotatable bonds is 7. The highest BCUT2D eigenvalue weighted by Crippen LogP contribution is 2.23. The third-order valence-electron chi connectivity index (χ3n) is 3.97. The van der Waals surface area contributed by atoms with Crippen molar-refractivity contribution >= 4 is 34.8 Å². The van der Waals surface area contributed by atoms with Crippen LogP contribution in [0.5, 0.6) is 5.75 Å². The number of hydrogen-bond acceptors (Lipinski definition) is 3. The van der Waals surface area contributed by atoms with Crippen molar-refractivity contribution in [2.24, 2.45) is 0 Å². The minimum absolute atomic E-state index is 0.609. The van der Waals surface area contributed by atoms with Gasteiger partial charge in [-0.3, -0.25) is 0 Å². The Labute approximate surface area is 170 Å². The molecule has 0 unspecified atom stereocenters. The van der Waals surface area contributed by atoms with E-state index >= 15 is 0 Å². The fraction of sp³-hybridized carbons (Fsp3) is 0.136. The largest absolute Gasteiger partial charge is 0.497 e. The highest BCUT2D eigenvalue weighted by molar-refractivity contribution is 7.98. The predicted octanol–water partition coefficient (Wildman–Crippen LogP) is 5.47. The van der Waals surface area contributed by atoms with Gasteiger partial charge in [0, 0.05) is 22.9 Å². The van der Waals surface area contributed by atoms with Gasteiger partial charge < -0.3 is 15.4 Å².